The first-order chi connectivity index (χ1) is 9.22. The molecule has 2 aliphatic carbocycles. The van der Waals surface area contributed by atoms with Crippen LogP contribution in [0, 0.1) is 6.92 Å². The molecule has 2 nitrogen and oxygen atoms in total. The van der Waals surface area contributed by atoms with Crippen LogP contribution >= 0.6 is 0 Å². The van der Waals surface area contributed by atoms with Crippen LogP contribution in [0.15, 0.2) is 24.3 Å². The van der Waals surface area contributed by atoms with E-state index in [1.807, 2.05) is 0 Å². The molecule has 19 heavy (non-hydrogen) atoms. The Morgan fingerprint density at radius 1 is 1.05 bits per heavy atom. The fourth-order valence-electron chi connectivity index (χ4n) is 2.86. The Bertz CT molecular complexity index is 421. The second-order valence-electron chi connectivity index (χ2n) is 6.40. The number of likely N-dealkylation sites (N-methyl/N-ethyl adjacent to an activating group) is 1. The molecule has 0 atom stereocenters. The number of hydrogen-bond acceptors (Lipinski definition) is 2. The lowest BCUT2D eigenvalue weighted by Gasteiger charge is -2.25. The number of aryl methyl sites for hydroxylation is 1. The Morgan fingerprint density at radius 3 is 2.42 bits per heavy atom. The summed E-state index contributed by atoms with van der Waals surface area (Å²) < 4.78 is 0. The molecule has 2 heteroatoms. The van der Waals surface area contributed by atoms with Crippen molar-refractivity contribution in [3.8, 4) is 0 Å². The van der Waals surface area contributed by atoms with E-state index in [0.717, 1.165) is 18.6 Å². The highest BCUT2D eigenvalue weighted by Gasteiger charge is 2.30. The topological polar surface area (TPSA) is 6.48 Å². The monoisotopic (exact) mass is 258 g/mol. The lowest BCUT2D eigenvalue weighted by molar-refractivity contribution is 0.207. The first kappa shape index (κ1) is 13.1. The molecule has 2 fully saturated rings. The normalized spacial score (nSPS) is 19.4. The lowest BCUT2D eigenvalue weighted by Crippen LogP contribution is -2.35. The summed E-state index contributed by atoms with van der Waals surface area (Å²) in [6.45, 7) is 5.77. The Labute approximate surface area is 117 Å². The molecule has 1 aromatic rings. The van der Waals surface area contributed by atoms with Gasteiger partial charge in [0.1, 0.15) is 0 Å². The van der Waals surface area contributed by atoms with E-state index in [1.165, 1.54) is 49.9 Å². The first-order valence-electron chi connectivity index (χ1n) is 7.72. The van der Waals surface area contributed by atoms with Crippen molar-refractivity contribution < 1.29 is 0 Å². The van der Waals surface area contributed by atoms with Crippen molar-refractivity contribution in [1.29, 1.82) is 0 Å². The summed E-state index contributed by atoms with van der Waals surface area (Å²) in [5, 5.41) is 0. The maximum absolute atomic E-state index is 2.69. The molecule has 0 aliphatic heterocycles. The van der Waals surface area contributed by atoms with Gasteiger partial charge in [-0.05, 0) is 45.2 Å². The third-order valence-corrected chi connectivity index (χ3v) is 4.44. The van der Waals surface area contributed by atoms with Crippen molar-refractivity contribution in [3.05, 3.63) is 35.4 Å². The molecule has 0 spiro atoms. The zero-order valence-electron chi connectivity index (χ0n) is 12.3. The van der Waals surface area contributed by atoms with Gasteiger partial charge in [0.15, 0.2) is 0 Å². The van der Waals surface area contributed by atoms with Crippen molar-refractivity contribution in [2.24, 2.45) is 0 Å². The van der Waals surface area contributed by atoms with Crippen LogP contribution in [-0.2, 0) is 6.54 Å². The van der Waals surface area contributed by atoms with Crippen LogP contribution in [0.3, 0.4) is 0 Å². The number of hydrogen-bond donors (Lipinski definition) is 0. The number of rotatable bonds is 7. The van der Waals surface area contributed by atoms with Crippen molar-refractivity contribution in [2.45, 2.75) is 51.2 Å². The molecule has 0 N–H and O–H groups in total. The molecule has 0 saturated heterocycles. The lowest BCUT2D eigenvalue weighted by atomic mass is 10.1. The van der Waals surface area contributed by atoms with Crippen LogP contribution < -0.4 is 0 Å². The summed E-state index contributed by atoms with van der Waals surface area (Å²) in [6.07, 6.45) is 5.63. The van der Waals surface area contributed by atoms with Crippen LogP contribution in [-0.4, -0.2) is 42.0 Å². The van der Waals surface area contributed by atoms with E-state index in [4.69, 9.17) is 0 Å². The van der Waals surface area contributed by atoms with E-state index in [1.54, 1.807) is 0 Å². The van der Waals surface area contributed by atoms with Crippen molar-refractivity contribution in [2.75, 3.05) is 20.1 Å². The summed E-state index contributed by atoms with van der Waals surface area (Å²) >= 11 is 0. The summed E-state index contributed by atoms with van der Waals surface area (Å²) in [4.78, 5) is 5.24. The molecule has 0 aromatic heterocycles. The first-order valence-corrected chi connectivity index (χ1v) is 7.72. The van der Waals surface area contributed by atoms with Crippen LogP contribution in [0.1, 0.15) is 36.8 Å². The summed E-state index contributed by atoms with van der Waals surface area (Å²) in [5.41, 5.74) is 2.85. The summed E-state index contributed by atoms with van der Waals surface area (Å²) in [5.74, 6) is 0. The fraction of sp³-hybridized carbons (Fsp3) is 0.647. The van der Waals surface area contributed by atoms with Crippen LogP contribution in [0.25, 0.3) is 0 Å². The van der Waals surface area contributed by atoms with Crippen molar-refractivity contribution >= 4 is 0 Å². The van der Waals surface area contributed by atoms with Gasteiger partial charge < -0.3 is 4.90 Å². The van der Waals surface area contributed by atoms with Crippen LogP contribution in [0.2, 0.25) is 0 Å². The van der Waals surface area contributed by atoms with Crippen molar-refractivity contribution in [1.82, 2.24) is 9.80 Å². The van der Waals surface area contributed by atoms with E-state index in [0.29, 0.717) is 0 Å². The van der Waals surface area contributed by atoms with Crippen LogP contribution in [0.5, 0.6) is 0 Å². The maximum atomic E-state index is 2.69. The Balaban J connectivity index is 1.54. The van der Waals surface area contributed by atoms with Gasteiger partial charge >= 0.3 is 0 Å². The molecule has 2 aliphatic rings. The van der Waals surface area contributed by atoms with Gasteiger partial charge in [-0.1, -0.05) is 29.8 Å². The van der Waals surface area contributed by atoms with E-state index in [-0.39, 0.29) is 0 Å². The highest BCUT2D eigenvalue weighted by atomic mass is 15.2. The minimum absolute atomic E-state index is 0.855. The van der Waals surface area contributed by atoms with Gasteiger partial charge in [0, 0.05) is 31.7 Å². The second kappa shape index (κ2) is 5.64. The molecule has 104 valence electrons. The van der Waals surface area contributed by atoms with Gasteiger partial charge in [-0.3, -0.25) is 4.90 Å². The zero-order valence-corrected chi connectivity index (χ0v) is 12.3. The Hall–Kier alpha value is -0.860. The predicted octanol–water partition coefficient (Wildman–Crippen LogP) is 3.05. The Morgan fingerprint density at radius 2 is 1.79 bits per heavy atom. The predicted molar refractivity (Wildman–Crippen MR) is 80.3 cm³/mol. The molecule has 0 radical (unpaired) electrons. The molecule has 0 bridgehead atoms. The molecular formula is C17H26N2. The van der Waals surface area contributed by atoms with Gasteiger partial charge in [-0.15, -0.1) is 0 Å². The molecule has 3 rings (SSSR count). The van der Waals surface area contributed by atoms with Crippen molar-refractivity contribution in [3.63, 3.8) is 0 Å². The van der Waals surface area contributed by atoms with Gasteiger partial charge in [-0.2, -0.15) is 0 Å². The number of nitrogens with zero attached hydrogens (tertiary/aromatic N) is 2. The largest absolute Gasteiger partial charge is 0.302 e. The van der Waals surface area contributed by atoms with Gasteiger partial charge in [0.05, 0.1) is 0 Å². The standard InChI is InChI=1S/C17H26N2/c1-14-4-3-5-15(12-14)13-19(17-8-9-17)11-10-18(2)16-6-7-16/h3-5,12,16-17H,6-11,13H2,1-2H3. The van der Waals surface area contributed by atoms with Gasteiger partial charge in [0.25, 0.3) is 0 Å². The zero-order chi connectivity index (χ0) is 13.2. The molecular weight excluding hydrogens is 232 g/mol. The highest BCUT2D eigenvalue weighted by Crippen LogP contribution is 2.29. The third-order valence-electron chi connectivity index (χ3n) is 4.44. The minimum atomic E-state index is 0.855. The summed E-state index contributed by atoms with van der Waals surface area (Å²) in [6, 6.07) is 10.7. The Kier molecular flexibility index (Phi) is 3.90. The smallest absolute Gasteiger partial charge is 0.0237 e. The quantitative estimate of drug-likeness (QED) is 0.741. The average molecular weight is 258 g/mol. The van der Waals surface area contributed by atoms with Gasteiger partial charge in [-0.25, -0.2) is 0 Å². The fourth-order valence-corrected chi connectivity index (χ4v) is 2.86. The van der Waals surface area contributed by atoms with E-state index >= 15 is 0 Å². The second-order valence-corrected chi connectivity index (χ2v) is 6.40. The molecule has 2 saturated carbocycles. The van der Waals surface area contributed by atoms with Crippen LogP contribution in [0.4, 0.5) is 0 Å². The summed E-state index contributed by atoms with van der Waals surface area (Å²) in [7, 11) is 2.29. The van der Waals surface area contributed by atoms with E-state index in [2.05, 4.69) is 48.0 Å². The number of benzene rings is 1. The molecule has 1 aromatic carbocycles. The van der Waals surface area contributed by atoms with E-state index in [9.17, 15) is 0 Å². The highest BCUT2D eigenvalue weighted by molar-refractivity contribution is 5.22. The van der Waals surface area contributed by atoms with E-state index < -0.39 is 0 Å². The minimum Gasteiger partial charge on any atom is -0.302 e. The SMILES string of the molecule is Cc1cccc(CN(CCN(C)C2CC2)C2CC2)c1. The maximum Gasteiger partial charge on any atom is 0.0237 e. The van der Waals surface area contributed by atoms with Gasteiger partial charge in [0.2, 0.25) is 0 Å². The molecule has 0 unspecified atom stereocenters. The molecule has 0 heterocycles. The third kappa shape index (κ3) is 3.80. The molecule has 0 amide bonds. The average Bonchev–Trinajstić information content (AvgIpc) is 3.27.